The van der Waals surface area contributed by atoms with E-state index in [1.807, 2.05) is 13.8 Å². The molecule has 0 bridgehead atoms. The highest BCUT2D eigenvalue weighted by atomic mass is 35.5. The molecule has 0 spiro atoms. The molecule has 1 N–H and O–H groups in total. The van der Waals surface area contributed by atoms with Crippen molar-refractivity contribution in [3.05, 3.63) is 0 Å². The van der Waals surface area contributed by atoms with Crippen molar-refractivity contribution in [1.82, 2.24) is 5.32 Å². The minimum atomic E-state index is -0.203. The van der Waals surface area contributed by atoms with Crippen LogP contribution in [0.15, 0.2) is 0 Å². The van der Waals surface area contributed by atoms with Crippen molar-refractivity contribution >= 4 is 29.3 Å². The van der Waals surface area contributed by atoms with Crippen LogP contribution >= 0.6 is 23.4 Å². The Morgan fingerprint density at radius 2 is 2.46 bits per heavy atom. The minimum absolute atomic E-state index is 0.0129. The van der Waals surface area contributed by atoms with E-state index in [0.717, 1.165) is 18.6 Å². The number of carbonyl (C=O) groups is 1. The lowest BCUT2D eigenvalue weighted by Crippen LogP contribution is -2.42. The number of halogens is 1. The van der Waals surface area contributed by atoms with E-state index in [4.69, 9.17) is 11.6 Å². The number of carbonyl (C=O) groups excluding carboxylic acids is 1. The molecule has 13 heavy (non-hydrogen) atoms. The van der Waals surface area contributed by atoms with Gasteiger partial charge in [-0.05, 0) is 32.4 Å². The lowest BCUT2D eigenvalue weighted by molar-refractivity contribution is -0.123. The van der Waals surface area contributed by atoms with Gasteiger partial charge in [0.2, 0.25) is 5.91 Å². The second-order valence-corrected chi connectivity index (χ2v) is 6.02. The van der Waals surface area contributed by atoms with Crippen LogP contribution in [0.5, 0.6) is 0 Å². The average molecular weight is 222 g/mol. The summed E-state index contributed by atoms with van der Waals surface area (Å²) in [6.45, 7) is 4.46. The summed E-state index contributed by atoms with van der Waals surface area (Å²) in [5, 5.41) is 2.89. The molecule has 76 valence electrons. The number of hydrogen-bond acceptors (Lipinski definition) is 2. The molecule has 0 aromatic rings. The molecule has 0 aromatic carbocycles. The Bertz CT molecular complexity index is 190. The molecular formula is C9H16ClNOS. The Morgan fingerprint density at radius 3 is 2.92 bits per heavy atom. The zero-order valence-electron chi connectivity index (χ0n) is 8.10. The molecule has 1 aliphatic rings. The minimum Gasteiger partial charge on any atom is -0.353 e. The lowest BCUT2D eigenvalue weighted by atomic mass is 10.1. The van der Waals surface area contributed by atoms with Gasteiger partial charge in [0, 0.05) is 11.9 Å². The lowest BCUT2D eigenvalue weighted by Gasteiger charge is -2.21. The molecule has 1 heterocycles. The third-order valence-corrected chi connectivity index (χ3v) is 3.92. The van der Waals surface area contributed by atoms with Crippen molar-refractivity contribution in [3.63, 3.8) is 0 Å². The third kappa shape index (κ3) is 3.06. The van der Waals surface area contributed by atoms with Crippen molar-refractivity contribution in [2.75, 3.05) is 12.3 Å². The standard InChI is InChI=1S/C9H16ClNOS/c1-7(10)6-11-8(12)9(2)4-3-5-13-9/h7H,3-6H2,1-2H3,(H,11,12). The van der Waals surface area contributed by atoms with E-state index < -0.39 is 0 Å². The summed E-state index contributed by atoms with van der Waals surface area (Å²) < 4.78 is -0.203. The molecule has 1 saturated heterocycles. The second-order valence-electron chi connectivity index (χ2n) is 3.67. The average Bonchev–Trinajstić information content (AvgIpc) is 2.49. The third-order valence-electron chi connectivity index (χ3n) is 2.24. The number of amides is 1. The first-order valence-corrected chi connectivity index (χ1v) is 6.03. The molecule has 1 aliphatic heterocycles. The van der Waals surface area contributed by atoms with Crippen LogP contribution in [0.4, 0.5) is 0 Å². The van der Waals surface area contributed by atoms with Crippen LogP contribution in [0.3, 0.4) is 0 Å². The van der Waals surface area contributed by atoms with Gasteiger partial charge >= 0.3 is 0 Å². The van der Waals surface area contributed by atoms with Crippen LogP contribution in [0.2, 0.25) is 0 Å². The number of alkyl halides is 1. The maximum Gasteiger partial charge on any atom is 0.235 e. The maximum absolute atomic E-state index is 11.7. The molecule has 4 heteroatoms. The quantitative estimate of drug-likeness (QED) is 0.739. The van der Waals surface area contributed by atoms with Gasteiger partial charge in [-0.15, -0.1) is 23.4 Å². The topological polar surface area (TPSA) is 29.1 Å². The van der Waals surface area contributed by atoms with Gasteiger partial charge in [-0.1, -0.05) is 0 Å². The van der Waals surface area contributed by atoms with E-state index in [2.05, 4.69) is 5.32 Å². The van der Waals surface area contributed by atoms with Crippen molar-refractivity contribution in [3.8, 4) is 0 Å². The monoisotopic (exact) mass is 221 g/mol. The highest BCUT2D eigenvalue weighted by Crippen LogP contribution is 2.37. The van der Waals surface area contributed by atoms with Crippen LogP contribution in [0, 0.1) is 0 Å². The number of nitrogens with one attached hydrogen (secondary N) is 1. The normalized spacial score (nSPS) is 30.1. The molecule has 0 aliphatic carbocycles. The van der Waals surface area contributed by atoms with Crippen molar-refractivity contribution < 1.29 is 4.79 Å². The first kappa shape index (κ1) is 11.2. The summed E-state index contributed by atoms with van der Waals surface area (Å²) in [6, 6.07) is 0. The molecule has 0 saturated carbocycles. The van der Waals surface area contributed by atoms with Gasteiger partial charge in [-0.25, -0.2) is 0 Å². The fourth-order valence-corrected chi connectivity index (χ4v) is 2.69. The summed E-state index contributed by atoms with van der Waals surface area (Å²) in [6.07, 6.45) is 2.13. The van der Waals surface area contributed by atoms with E-state index in [-0.39, 0.29) is 16.0 Å². The fraction of sp³-hybridized carbons (Fsp3) is 0.889. The van der Waals surface area contributed by atoms with Crippen LogP contribution in [0.25, 0.3) is 0 Å². The molecular weight excluding hydrogens is 206 g/mol. The zero-order chi connectivity index (χ0) is 9.90. The highest BCUT2D eigenvalue weighted by Gasteiger charge is 2.36. The largest absolute Gasteiger partial charge is 0.353 e. The second kappa shape index (κ2) is 4.56. The first-order chi connectivity index (χ1) is 6.04. The predicted octanol–water partition coefficient (Wildman–Crippen LogP) is 2.02. The van der Waals surface area contributed by atoms with Crippen molar-refractivity contribution in [2.24, 2.45) is 0 Å². The summed E-state index contributed by atoms with van der Waals surface area (Å²) in [5.74, 6) is 1.24. The maximum atomic E-state index is 11.7. The first-order valence-electron chi connectivity index (χ1n) is 4.61. The van der Waals surface area contributed by atoms with Crippen molar-refractivity contribution in [2.45, 2.75) is 36.8 Å². The zero-order valence-corrected chi connectivity index (χ0v) is 9.67. The van der Waals surface area contributed by atoms with Gasteiger partial charge in [0.25, 0.3) is 0 Å². The molecule has 1 amide bonds. The fourth-order valence-electron chi connectivity index (χ4n) is 1.38. The highest BCUT2D eigenvalue weighted by molar-refractivity contribution is 8.01. The van der Waals surface area contributed by atoms with E-state index in [1.54, 1.807) is 11.8 Å². The van der Waals surface area contributed by atoms with Crippen LogP contribution in [0.1, 0.15) is 26.7 Å². The Balaban J connectivity index is 2.38. The van der Waals surface area contributed by atoms with Gasteiger partial charge in [0.1, 0.15) is 0 Å². The van der Waals surface area contributed by atoms with Crippen LogP contribution < -0.4 is 5.32 Å². The Morgan fingerprint density at radius 1 is 1.77 bits per heavy atom. The molecule has 2 unspecified atom stereocenters. The summed E-state index contributed by atoms with van der Waals surface area (Å²) in [5.41, 5.74) is 0. The SMILES string of the molecule is CC(Cl)CNC(=O)C1(C)CCCS1. The van der Waals surface area contributed by atoms with E-state index >= 15 is 0 Å². The van der Waals surface area contributed by atoms with Gasteiger partial charge in [0.15, 0.2) is 0 Å². The van der Waals surface area contributed by atoms with Gasteiger partial charge < -0.3 is 5.32 Å². The summed E-state index contributed by atoms with van der Waals surface area (Å²) in [4.78, 5) is 11.7. The summed E-state index contributed by atoms with van der Waals surface area (Å²) in [7, 11) is 0. The molecule has 2 atom stereocenters. The molecule has 0 radical (unpaired) electrons. The van der Waals surface area contributed by atoms with Gasteiger partial charge in [-0.2, -0.15) is 0 Å². The number of rotatable bonds is 3. The van der Waals surface area contributed by atoms with E-state index in [0.29, 0.717) is 6.54 Å². The van der Waals surface area contributed by atoms with Gasteiger partial charge in [-0.3, -0.25) is 4.79 Å². The smallest absolute Gasteiger partial charge is 0.235 e. The van der Waals surface area contributed by atoms with Crippen molar-refractivity contribution in [1.29, 1.82) is 0 Å². The predicted molar refractivity (Wildman–Crippen MR) is 58.4 cm³/mol. The van der Waals surface area contributed by atoms with E-state index in [9.17, 15) is 4.79 Å². The molecule has 0 aromatic heterocycles. The van der Waals surface area contributed by atoms with Gasteiger partial charge in [0.05, 0.1) is 4.75 Å². The number of hydrogen-bond donors (Lipinski definition) is 1. The van der Waals surface area contributed by atoms with Crippen LogP contribution in [-0.2, 0) is 4.79 Å². The Labute approximate surface area is 88.8 Å². The molecule has 1 fully saturated rings. The summed E-state index contributed by atoms with van der Waals surface area (Å²) >= 11 is 7.50. The number of thioether (sulfide) groups is 1. The molecule has 1 rings (SSSR count). The Kier molecular flexibility index (Phi) is 3.92. The molecule has 2 nitrogen and oxygen atoms in total. The van der Waals surface area contributed by atoms with E-state index in [1.165, 1.54) is 0 Å². The van der Waals surface area contributed by atoms with Crippen LogP contribution in [-0.4, -0.2) is 28.3 Å². The Hall–Kier alpha value is 0.110.